The van der Waals surface area contributed by atoms with Gasteiger partial charge in [-0.3, -0.25) is 4.79 Å². The number of benzene rings is 1. The van der Waals surface area contributed by atoms with Crippen molar-refractivity contribution in [3.05, 3.63) is 47.8 Å². The molecule has 0 bridgehead atoms. The third-order valence-corrected chi connectivity index (χ3v) is 5.45. The van der Waals surface area contributed by atoms with Crippen molar-refractivity contribution in [1.82, 2.24) is 9.97 Å². The summed E-state index contributed by atoms with van der Waals surface area (Å²) in [5.41, 5.74) is 1.54. The standard InChI is InChI=1S/C16H18N4O3S/c1-11-9-14(15(21)18-12-5-3-2-4-6-12)20-16(17-11)19-13-7-8-24(22,23)10-13/h2-6,9,13H,7-8,10H2,1H3,(H,18,21)(H,17,19,20). The van der Waals surface area contributed by atoms with Crippen molar-refractivity contribution in [2.45, 2.75) is 19.4 Å². The lowest BCUT2D eigenvalue weighted by Crippen LogP contribution is -2.23. The highest BCUT2D eigenvalue weighted by Crippen LogP contribution is 2.16. The Morgan fingerprint density at radius 3 is 2.62 bits per heavy atom. The molecule has 0 aliphatic carbocycles. The molecular weight excluding hydrogens is 328 g/mol. The SMILES string of the molecule is Cc1cc(C(=O)Nc2ccccc2)nc(NC2CCS(=O)(=O)C2)n1. The van der Waals surface area contributed by atoms with E-state index >= 15 is 0 Å². The van der Waals surface area contributed by atoms with Crippen molar-refractivity contribution in [3.63, 3.8) is 0 Å². The fourth-order valence-corrected chi connectivity index (χ4v) is 4.23. The van der Waals surface area contributed by atoms with Crippen LogP contribution in [0.2, 0.25) is 0 Å². The zero-order valence-electron chi connectivity index (χ0n) is 13.2. The molecule has 1 unspecified atom stereocenters. The van der Waals surface area contributed by atoms with Crippen molar-refractivity contribution in [1.29, 1.82) is 0 Å². The smallest absolute Gasteiger partial charge is 0.274 e. The van der Waals surface area contributed by atoms with E-state index in [1.54, 1.807) is 25.1 Å². The first-order valence-electron chi connectivity index (χ1n) is 7.60. The molecular formula is C16H18N4O3S. The molecule has 3 rings (SSSR count). The molecule has 1 aromatic heterocycles. The zero-order valence-corrected chi connectivity index (χ0v) is 14.0. The average Bonchev–Trinajstić information content (AvgIpc) is 2.86. The molecule has 2 N–H and O–H groups in total. The number of amides is 1. The summed E-state index contributed by atoms with van der Waals surface area (Å²) in [6.07, 6.45) is 0.519. The fraction of sp³-hybridized carbons (Fsp3) is 0.312. The second kappa shape index (κ2) is 6.56. The maximum atomic E-state index is 12.3. The Morgan fingerprint density at radius 1 is 1.21 bits per heavy atom. The number of hydrogen-bond acceptors (Lipinski definition) is 6. The molecule has 1 saturated heterocycles. The first-order chi connectivity index (χ1) is 11.4. The molecule has 8 heteroatoms. The van der Waals surface area contributed by atoms with Gasteiger partial charge in [0, 0.05) is 17.4 Å². The van der Waals surface area contributed by atoms with E-state index in [1.165, 1.54) is 0 Å². The topological polar surface area (TPSA) is 101 Å². The number of aryl methyl sites for hydroxylation is 1. The van der Waals surface area contributed by atoms with Gasteiger partial charge in [0.1, 0.15) is 5.69 Å². The second-order valence-electron chi connectivity index (χ2n) is 5.78. The Hall–Kier alpha value is -2.48. The lowest BCUT2D eigenvalue weighted by molar-refractivity contribution is 0.102. The van der Waals surface area contributed by atoms with E-state index in [2.05, 4.69) is 20.6 Å². The molecule has 1 aromatic carbocycles. The van der Waals surface area contributed by atoms with Crippen LogP contribution in [0.1, 0.15) is 22.6 Å². The summed E-state index contributed by atoms with van der Waals surface area (Å²) < 4.78 is 23.1. The summed E-state index contributed by atoms with van der Waals surface area (Å²) in [6, 6.07) is 10.5. The van der Waals surface area contributed by atoms with Crippen LogP contribution in [0, 0.1) is 6.92 Å². The highest BCUT2D eigenvalue weighted by molar-refractivity contribution is 7.91. The Kier molecular flexibility index (Phi) is 4.48. The Balaban J connectivity index is 1.75. The third-order valence-electron chi connectivity index (χ3n) is 3.68. The second-order valence-corrected chi connectivity index (χ2v) is 8.01. The Morgan fingerprint density at radius 2 is 1.96 bits per heavy atom. The largest absolute Gasteiger partial charge is 0.350 e. The normalized spacial score (nSPS) is 19.0. The van der Waals surface area contributed by atoms with E-state index in [9.17, 15) is 13.2 Å². The Bertz CT molecular complexity index is 853. The van der Waals surface area contributed by atoms with Gasteiger partial charge >= 0.3 is 0 Å². The highest BCUT2D eigenvalue weighted by Gasteiger charge is 2.28. The summed E-state index contributed by atoms with van der Waals surface area (Å²) in [4.78, 5) is 20.8. The lowest BCUT2D eigenvalue weighted by atomic mass is 10.2. The van der Waals surface area contributed by atoms with E-state index in [0.29, 0.717) is 17.8 Å². The summed E-state index contributed by atoms with van der Waals surface area (Å²) in [7, 11) is -2.99. The zero-order chi connectivity index (χ0) is 17.2. The molecule has 0 spiro atoms. The molecule has 7 nitrogen and oxygen atoms in total. The molecule has 0 radical (unpaired) electrons. The molecule has 2 heterocycles. The number of aromatic nitrogens is 2. The van der Waals surface area contributed by atoms with Crippen molar-refractivity contribution >= 4 is 27.4 Å². The van der Waals surface area contributed by atoms with Gasteiger partial charge in [-0.1, -0.05) is 18.2 Å². The first-order valence-corrected chi connectivity index (χ1v) is 9.42. The number of anilines is 2. The predicted octanol–water partition coefficient (Wildman–Crippen LogP) is 1.64. The lowest BCUT2D eigenvalue weighted by Gasteiger charge is -2.12. The number of hydrogen-bond donors (Lipinski definition) is 2. The summed E-state index contributed by atoms with van der Waals surface area (Å²) in [5, 5.41) is 5.78. The third kappa shape index (κ3) is 4.08. The molecule has 1 amide bonds. The number of carbonyl (C=O) groups excluding carboxylic acids is 1. The number of rotatable bonds is 4. The summed E-state index contributed by atoms with van der Waals surface area (Å²) in [5.74, 6) is 0.164. The number of carbonyl (C=O) groups is 1. The van der Waals surface area contributed by atoms with Crippen LogP contribution in [0.4, 0.5) is 11.6 Å². The molecule has 1 aliphatic heterocycles. The number of nitrogens with zero attached hydrogens (tertiary/aromatic N) is 2. The minimum atomic E-state index is -2.99. The van der Waals surface area contributed by atoms with E-state index in [-0.39, 0.29) is 35.1 Å². The van der Waals surface area contributed by atoms with E-state index in [0.717, 1.165) is 0 Å². The fourth-order valence-electron chi connectivity index (χ4n) is 2.56. The molecule has 126 valence electrons. The van der Waals surface area contributed by atoms with E-state index in [4.69, 9.17) is 0 Å². The molecule has 2 aromatic rings. The minimum Gasteiger partial charge on any atom is -0.350 e. The maximum Gasteiger partial charge on any atom is 0.274 e. The van der Waals surface area contributed by atoms with Gasteiger partial charge in [0.15, 0.2) is 9.84 Å². The van der Waals surface area contributed by atoms with Crippen molar-refractivity contribution in [2.75, 3.05) is 22.1 Å². The maximum absolute atomic E-state index is 12.3. The van der Waals surface area contributed by atoms with Crippen molar-refractivity contribution in [3.8, 4) is 0 Å². The summed E-state index contributed by atoms with van der Waals surface area (Å²) in [6.45, 7) is 1.76. The van der Waals surface area contributed by atoms with Gasteiger partial charge in [0.25, 0.3) is 5.91 Å². The summed E-state index contributed by atoms with van der Waals surface area (Å²) >= 11 is 0. The van der Waals surface area contributed by atoms with Gasteiger partial charge in [0.2, 0.25) is 5.95 Å². The van der Waals surface area contributed by atoms with Gasteiger partial charge in [0.05, 0.1) is 11.5 Å². The van der Waals surface area contributed by atoms with E-state index < -0.39 is 9.84 Å². The average molecular weight is 346 g/mol. The van der Waals surface area contributed by atoms with Gasteiger partial charge < -0.3 is 10.6 Å². The number of nitrogens with one attached hydrogen (secondary N) is 2. The van der Waals surface area contributed by atoms with Gasteiger partial charge in [-0.2, -0.15) is 0 Å². The van der Waals surface area contributed by atoms with Crippen LogP contribution in [0.5, 0.6) is 0 Å². The quantitative estimate of drug-likeness (QED) is 0.873. The van der Waals surface area contributed by atoms with Gasteiger partial charge in [-0.25, -0.2) is 18.4 Å². The Labute approximate surface area is 140 Å². The van der Waals surface area contributed by atoms with Crippen LogP contribution in [-0.4, -0.2) is 41.8 Å². The van der Waals surface area contributed by atoms with Crippen molar-refractivity contribution < 1.29 is 13.2 Å². The van der Waals surface area contributed by atoms with Crippen LogP contribution < -0.4 is 10.6 Å². The van der Waals surface area contributed by atoms with Gasteiger partial charge in [-0.05, 0) is 31.5 Å². The highest BCUT2D eigenvalue weighted by atomic mass is 32.2. The molecule has 1 fully saturated rings. The number of sulfone groups is 1. The van der Waals surface area contributed by atoms with Crippen LogP contribution in [0.25, 0.3) is 0 Å². The van der Waals surface area contributed by atoms with Crippen LogP contribution in [0.3, 0.4) is 0 Å². The van der Waals surface area contributed by atoms with Crippen LogP contribution in [0.15, 0.2) is 36.4 Å². The molecule has 0 saturated carbocycles. The first kappa shape index (κ1) is 16.4. The van der Waals surface area contributed by atoms with E-state index in [1.807, 2.05) is 18.2 Å². The predicted molar refractivity (Wildman–Crippen MR) is 91.8 cm³/mol. The van der Waals surface area contributed by atoms with Gasteiger partial charge in [-0.15, -0.1) is 0 Å². The minimum absolute atomic E-state index is 0.0653. The molecule has 1 atom stereocenters. The monoisotopic (exact) mass is 346 g/mol. The van der Waals surface area contributed by atoms with Crippen LogP contribution >= 0.6 is 0 Å². The molecule has 24 heavy (non-hydrogen) atoms. The number of para-hydroxylation sites is 1. The van der Waals surface area contributed by atoms with Crippen LogP contribution in [-0.2, 0) is 9.84 Å². The van der Waals surface area contributed by atoms with Crippen molar-refractivity contribution in [2.24, 2.45) is 0 Å². The molecule has 1 aliphatic rings.